The molecule has 0 saturated heterocycles. The van der Waals surface area contributed by atoms with Crippen LogP contribution in [0.15, 0.2) is 29.1 Å². The average molecular weight is 397 g/mol. The van der Waals surface area contributed by atoms with Gasteiger partial charge in [0.05, 0.1) is 11.1 Å². The molecule has 2 aliphatic heterocycles. The Morgan fingerprint density at radius 2 is 1.76 bits per heavy atom. The monoisotopic (exact) mass is 397 g/mol. The third-order valence-corrected chi connectivity index (χ3v) is 5.34. The second-order valence-electron chi connectivity index (χ2n) is 7.29. The Morgan fingerprint density at radius 1 is 1.03 bits per heavy atom. The highest BCUT2D eigenvalue weighted by molar-refractivity contribution is 6.21. The van der Waals surface area contributed by atoms with Crippen molar-refractivity contribution in [3.05, 3.63) is 51.7 Å². The Labute approximate surface area is 167 Å². The number of nitrogens with zero attached hydrogens (tertiary/aromatic N) is 4. The van der Waals surface area contributed by atoms with Crippen LogP contribution >= 0.6 is 0 Å². The van der Waals surface area contributed by atoms with Gasteiger partial charge in [-0.05, 0) is 31.4 Å². The van der Waals surface area contributed by atoms with E-state index in [1.165, 1.54) is 4.68 Å². The number of hydrogen-bond donors (Lipinski definition) is 1. The summed E-state index contributed by atoms with van der Waals surface area (Å²) in [6.07, 6.45) is 3.51. The molecule has 3 heterocycles. The van der Waals surface area contributed by atoms with Gasteiger partial charge in [-0.1, -0.05) is 12.1 Å². The number of hydrogen-bond acceptors (Lipinski definition) is 5. The van der Waals surface area contributed by atoms with Gasteiger partial charge in [0.2, 0.25) is 5.91 Å². The van der Waals surface area contributed by atoms with Crippen LogP contribution < -0.4 is 11.0 Å². The molecule has 9 nitrogen and oxygen atoms in total. The first-order valence-electron chi connectivity index (χ1n) is 9.94. The topological polar surface area (TPSA) is 106 Å². The first kappa shape index (κ1) is 19.1. The van der Waals surface area contributed by atoms with Crippen molar-refractivity contribution in [2.75, 3.05) is 13.1 Å². The molecule has 29 heavy (non-hydrogen) atoms. The van der Waals surface area contributed by atoms with Crippen LogP contribution in [0, 0.1) is 0 Å². The number of fused-ring (bicyclic) bond motifs is 2. The van der Waals surface area contributed by atoms with Crippen LogP contribution in [0.1, 0.15) is 52.2 Å². The van der Waals surface area contributed by atoms with Crippen molar-refractivity contribution in [1.29, 1.82) is 0 Å². The molecule has 3 amide bonds. The Bertz CT molecular complexity index is 987. The molecule has 2 aliphatic rings. The Balaban J connectivity index is 1.22. The van der Waals surface area contributed by atoms with Crippen LogP contribution in [0.3, 0.4) is 0 Å². The molecule has 0 atom stereocenters. The summed E-state index contributed by atoms with van der Waals surface area (Å²) < 4.78 is 3.19. The van der Waals surface area contributed by atoms with Gasteiger partial charge in [-0.15, -0.1) is 0 Å². The number of amides is 3. The number of rotatable bonds is 7. The largest absolute Gasteiger partial charge is 0.356 e. The smallest absolute Gasteiger partial charge is 0.345 e. The summed E-state index contributed by atoms with van der Waals surface area (Å²) in [7, 11) is 0. The predicted molar refractivity (Wildman–Crippen MR) is 103 cm³/mol. The lowest BCUT2D eigenvalue weighted by molar-refractivity contribution is -0.121. The van der Waals surface area contributed by atoms with Crippen molar-refractivity contribution in [2.45, 2.75) is 45.2 Å². The highest BCUT2D eigenvalue weighted by Gasteiger charge is 2.34. The lowest BCUT2D eigenvalue weighted by atomic mass is 10.1. The molecule has 0 bridgehead atoms. The zero-order valence-corrected chi connectivity index (χ0v) is 16.1. The molecule has 152 valence electrons. The number of carbonyl (C=O) groups excluding carboxylic acids is 3. The summed E-state index contributed by atoms with van der Waals surface area (Å²) in [6.45, 7) is 1.61. The maximum atomic E-state index is 12.3. The average Bonchev–Trinajstić information content (AvgIpc) is 3.18. The molecule has 0 unspecified atom stereocenters. The third kappa shape index (κ3) is 3.72. The minimum absolute atomic E-state index is 0.0458. The maximum absolute atomic E-state index is 12.3. The van der Waals surface area contributed by atoms with E-state index in [0.29, 0.717) is 30.6 Å². The van der Waals surface area contributed by atoms with Crippen LogP contribution in [-0.4, -0.2) is 50.1 Å². The summed E-state index contributed by atoms with van der Waals surface area (Å²) in [5.41, 5.74) is 0.675. The molecule has 1 aromatic carbocycles. The molecule has 2 aromatic rings. The van der Waals surface area contributed by atoms with Crippen LogP contribution in [0.4, 0.5) is 0 Å². The molecule has 1 aromatic heterocycles. The molecule has 0 saturated carbocycles. The second kappa shape index (κ2) is 8.02. The minimum Gasteiger partial charge on any atom is -0.356 e. The maximum Gasteiger partial charge on any atom is 0.345 e. The van der Waals surface area contributed by atoms with Gasteiger partial charge in [-0.2, -0.15) is 5.10 Å². The van der Waals surface area contributed by atoms with Crippen molar-refractivity contribution in [1.82, 2.24) is 24.6 Å². The van der Waals surface area contributed by atoms with E-state index in [-0.39, 0.29) is 36.4 Å². The van der Waals surface area contributed by atoms with Gasteiger partial charge in [0.1, 0.15) is 5.82 Å². The lowest BCUT2D eigenvalue weighted by Gasteiger charge is -2.13. The molecule has 0 radical (unpaired) electrons. The molecule has 0 aliphatic carbocycles. The summed E-state index contributed by atoms with van der Waals surface area (Å²) >= 11 is 0. The van der Waals surface area contributed by atoms with Crippen molar-refractivity contribution < 1.29 is 14.4 Å². The fourth-order valence-corrected chi connectivity index (χ4v) is 3.79. The number of nitrogens with one attached hydrogen (secondary N) is 1. The molecule has 1 N–H and O–H groups in total. The first-order valence-corrected chi connectivity index (χ1v) is 9.94. The number of imide groups is 1. The van der Waals surface area contributed by atoms with Gasteiger partial charge in [-0.25, -0.2) is 9.48 Å². The van der Waals surface area contributed by atoms with Gasteiger partial charge >= 0.3 is 5.69 Å². The van der Waals surface area contributed by atoms with Crippen LogP contribution in [0.5, 0.6) is 0 Å². The van der Waals surface area contributed by atoms with E-state index in [9.17, 15) is 19.2 Å². The summed E-state index contributed by atoms with van der Waals surface area (Å²) in [5.74, 6) is -0.118. The summed E-state index contributed by atoms with van der Waals surface area (Å²) in [5, 5.41) is 7.14. The molecular weight excluding hydrogens is 374 g/mol. The SMILES string of the molecule is O=C(CCN1C(=O)c2ccccc2C1=O)NCCCn1nc2n(c1=O)CCCC2. The van der Waals surface area contributed by atoms with Crippen molar-refractivity contribution in [3.8, 4) is 0 Å². The number of carbonyl (C=O) groups is 3. The molecule has 0 spiro atoms. The van der Waals surface area contributed by atoms with Gasteiger partial charge < -0.3 is 5.32 Å². The predicted octanol–water partition coefficient (Wildman–Crippen LogP) is 0.574. The van der Waals surface area contributed by atoms with Crippen LogP contribution in [0.25, 0.3) is 0 Å². The quantitative estimate of drug-likeness (QED) is 0.543. The number of benzene rings is 1. The van der Waals surface area contributed by atoms with Gasteiger partial charge in [0, 0.05) is 39.0 Å². The van der Waals surface area contributed by atoms with Crippen LogP contribution in [0.2, 0.25) is 0 Å². The molecule has 4 rings (SSSR count). The zero-order chi connectivity index (χ0) is 20.4. The molecular formula is C20H23N5O4. The van der Waals surface area contributed by atoms with E-state index >= 15 is 0 Å². The first-order chi connectivity index (χ1) is 14.1. The van der Waals surface area contributed by atoms with Gasteiger partial charge in [-0.3, -0.25) is 23.9 Å². The van der Waals surface area contributed by atoms with E-state index in [4.69, 9.17) is 0 Å². The number of aryl methyl sites for hydroxylation is 2. The number of aromatic nitrogens is 3. The standard InChI is InChI=1S/C20H23N5O4/c26-17(9-13-24-18(27)14-6-1-2-7-15(14)19(24)28)21-10-5-12-25-20(29)23-11-4-3-8-16(23)22-25/h1-2,6-7H,3-5,8-13H2,(H,21,26). The molecule has 9 heteroatoms. The van der Waals surface area contributed by atoms with E-state index < -0.39 is 0 Å². The van der Waals surface area contributed by atoms with E-state index in [1.54, 1.807) is 28.8 Å². The third-order valence-electron chi connectivity index (χ3n) is 5.34. The second-order valence-corrected chi connectivity index (χ2v) is 7.29. The zero-order valence-electron chi connectivity index (χ0n) is 16.1. The van der Waals surface area contributed by atoms with E-state index in [2.05, 4.69) is 10.4 Å². The van der Waals surface area contributed by atoms with Crippen molar-refractivity contribution >= 4 is 17.7 Å². The summed E-state index contributed by atoms with van der Waals surface area (Å²) in [4.78, 5) is 50.0. The van der Waals surface area contributed by atoms with E-state index in [1.807, 2.05) is 0 Å². The highest BCUT2D eigenvalue weighted by Crippen LogP contribution is 2.22. The fraction of sp³-hybridized carbons (Fsp3) is 0.450. The van der Waals surface area contributed by atoms with Gasteiger partial charge in [0.15, 0.2) is 0 Å². The Kier molecular flexibility index (Phi) is 5.28. The summed E-state index contributed by atoms with van der Waals surface area (Å²) in [6, 6.07) is 6.65. The Hall–Kier alpha value is -3.23. The van der Waals surface area contributed by atoms with E-state index in [0.717, 1.165) is 36.5 Å². The highest BCUT2D eigenvalue weighted by atomic mass is 16.2. The van der Waals surface area contributed by atoms with Gasteiger partial charge in [0.25, 0.3) is 11.8 Å². The lowest BCUT2D eigenvalue weighted by Crippen LogP contribution is -2.35. The Morgan fingerprint density at radius 3 is 2.45 bits per heavy atom. The van der Waals surface area contributed by atoms with Crippen molar-refractivity contribution in [3.63, 3.8) is 0 Å². The molecule has 0 fully saturated rings. The fourth-order valence-electron chi connectivity index (χ4n) is 3.79. The normalized spacial score (nSPS) is 15.4. The van der Waals surface area contributed by atoms with Crippen LogP contribution in [-0.2, 0) is 24.3 Å². The minimum atomic E-state index is -0.360. The van der Waals surface area contributed by atoms with Crippen molar-refractivity contribution in [2.24, 2.45) is 0 Å².